The number of aromatic amines is 1. The largest absolute Gasteiger partial charge is 0.259 e. The third kappa shape index (κ3) is 1.11. The van der Waals surface area contributed by atoms with Gasteiger partial charge in [-0.2, -0.15) is 5.10 Å². The van der Waals surface area contributed by atoms with Gasteiger partial charge < -0.3 is 0 Å². The van der Waals surface area contributed by atoms with E-state index in [1.807, 2.05) is 0 Å². The number of H-pyrrole nitrogens is 1. The lowest BCUT2D eigenvalue weighted by Crippen LogP contribution is -1.75. The maximum Gasteiger partial charge on any atom is 0.242 e. The summed E-state index contributed by atoms with van der Waals surface area (Å²) in [5, 5.41) is 6.58. The van der Waals surface area contributed by atoms with Crippen molar-refractivity contribution < 1.29 is 9.18 Å². The van der Waals surface area contributed by atoms with E-state index in [-0.39, 0.29) is 11.3 Å². The molecule has 0 spiro atoms. The average Bonchev–Trinajstić information content (AvgIpc) is 2.51. The first-order chi connectivity index (χ1) is 6.33. The number of hydrogen-bond donors (Lipinski definition) is 1. The molecular formula is C8H4FN3O. The van der Waals surface area contributed by atoms with Crippen LogP contribution in [0.4, 0.5) is 10.2 Å². The van der Waals surface area contributed by atoms with Crippen LogP contribution >= 0.6 is 0 Å². The van der Waals surface area contributed by atoms with Gasteiger partial charge in [0.1, 0.15) is 5.52 Å². The molecule has 4 nitrogen and oxygen atoms in total. The van der Waals surface area contributed by atoms with Gasteiger partial charge in [-0.05, 0) is 12.1 Å². The van der Waals surface area contributed by atoms with Crippen LogP contribution in [0.25, 0.3) is 10.9 Å². The summed E-state index contributed by atoms with van der Waals surface area (Å²) >= 11 is 0. The van der Waals surface area contributed by atoms with E-state index in [9.17, 15) is 9.18 Å². The van der Waals surface area contributed by atoms with Gasteiger partial charge in [-0.3, -0.25) is 5.10 Å². The van der Waals surface area contributed by atoms with Crippen LogP contribution in [0.5, 0.6) is 0 Å². The van der Waals surface area contributed by atoms with Gasteiger partial charge in [-0.1, -0.05) is 6.07 Å². The van der Waals surface area contributed by atoms with Crippen molar-refractivity contribution in [2.24, 2.45) is 4.99 Å². The van der Waals surface area contributed by atoms with E-state index in [4.69, 9.17) is 0 Å². The van der Waals surface area contributed by atoms with Crippen molar-refractivity contribution in [1.82, 2.24) is 10.2 Å². The Kier molecular flexibility index (Phi) is 1.65. The number of rotatable bonds is 1. The predicted molar refractivity (Wildman–Crippen MR) is 43.8 cm³/mol. The summed E-state index contributed by atoms with van der Waals surface area (Å²) in [7, 11) is 0. The molecule has 0 aliphatic carbocycles. The maximum atomic E-state index is 13.0. The molecule has 13 heavy (non-hydrogen) atoms. The molecule has 0 unspecified atom stereocenters. The van der Waals surface area contributed by atoms with Gasteiger partial charge in [0, 0.05) is 0 Å². The highest BCUT2D eigenvalue weighted by atomic mass is 19.1. The van der Waals surface area contributed by atoms with Gasteiger partial charge in [-0.15, -0.1) is 4.99 Å². The molecule has 0 saturated heterocycles. The summed E-state index contributed by atoms with van der Waals surface area (Å²) < 4.78 is 13.0. The van der Waals surface area contributed by atoms with Gasteiger partial charge in [0.15, 0.2) is 11.6 Å². The Labute approximate surface area is 72.1 Å². The zero-order valence-corrected chi connectivity index (χ0v) is 6.41. The zero-order chi connectivity index (χ0) is 9.26. The number of aromatic nitrogens is 2. The topological polar surface area (TPSA) is 58.1 Å². The van der Waals surface area contributed by atoms with Gasteiger partial charge in [-0.25, -0.2) is 9.18 Å². The molecule has 0 bridgehead atoms. The van der Waals surface area contributed by atoms with Crippen molar-refractivity contribution in [1.29, 1.82) is 0 Å². The second-order valence-electron chi connectivity index (χ2n) is 2.41. The molecule has 2 aromatic rings. The molecule has 0 fully saturated rings. The summed E-state index contributed by atoms with van der Waals surface area (Å²) in [5.41, 5.74) is 0.177. The normalized spacial score (nSPS) is 9.92. The number of benzene rings is 1. The quantitative estimate of drug-likeness (QED) is 0.532. The Hall–Kier alpha value is -2.00. The van der Waals surface area contributed by atoms with E-state index in [2.05, 4.69) is 15.2 Å². The summed E-state index contributed by atoms with van der Waals surface area (Å²) in [6.45, 7) is 0. The fraction of sp³-hybridized carbons (Fsp3) is 0. The SMILES string of the molecule is O=C=Nc1[nH]nc2c(F)cccc12. The van der Waals surface area contributed by atoms with E-state index in [0.29, 0.717) is 5.39 Å². The fourth-order valence-corrected chi connectivity index (χ4v) is 1.12. The predicted octanol–water partition coefficient (Wildman–Crippen LogP) is 1.67. The Morgan fingerprint density at radius 3 is 3.15 bits per heavy atom. The molecule has 64 valence electrons. The highest BCUT2D eigenvalue weighted by molar-refractivity contribution is 5.89. The van der Waals surface area contributed by atoms with Gasteiger partial charge >= 0.3 is 0 Å². The second kappa shape index (κ2) is 2.80. The molecular weight excluding hydrogens is 173 g/mol. The number of nitrogens with zero attached hydrogens (tertiary/aromatic N) is 2. The minimum Gasteiger partial charge on any atom is -0.259 e. The van der Waals surface area contributed by atoms with Crippen LogP contribution in [0, 0.1) is 5.82 Å². The lowest BCUT2D eigenvalue weighted by molar-refractivity contribution is 0.565. The van der Waals surface area contributed by atoms with Crippen LogP contribution in [0.3, 0.4) is 0 Å². The molecule has 0 saturated carbocycles. The molecule has 0 aliphatic heterocycles. The van der Waals surface area contributed by atoms with E-state index in [1.54, 1.807) is 6.07 Å². The monoisotopic (exact) mass is 177 g/mol. The molecule has 1 heterocycles. The molecule has 5 heteroatoms. The number of hydrogen-bond acceptors (Lipinski definition) is 3. The lowest BCUT2D eigenvalue weighted by atomic mass is 10.2. The van der Waals surface area contributed by atoms with Crippen molar-refractivity contribution in [2.45, 2.75) is 0 Å². The Morgan fingerprint density at radius 1 is 1.54 bits per heavy atom. The van der Waals surface area contributed by atoms with Crippen LogP contribution in [0.1, 0.15) is 0 Å². The van der Waals surface area contributed by atoms with Gasteiger partial charge in [0.05, 0.1) is 5.39 Å². The molecule has 1 aromatic carbocycles. The van der Waals surface area contributed by atoms with Crippen LogP contribution in [-0.4, -0.2) is 16.3 Å². The number of carbonyl (C=O) groups excluding carboxylic acids is 1. The molecule has 1 N–H and O–H groups in total. The smallest absolute Gasteiger partial charge is 0.242 e. The fourth-order valence-electron chi connectivity index (χ4n) is 1.12. The van der Waals surface area contributed by atoms with Gasteiger partial charge in [0.2, 0.25) is 6.08 Å². The van der Waals surface area contributed by atoms with Crippen LogP contribution in [0.2, 0.25) is 0 Å². The number of nitrogens with one attached hydrogen (secondary N) is 1. The first kappa shape index (κ1) is 7.64. The number of isocyanates is 1. The summed E-state index contributed by atoms with van der Waals surface area (Å²) in [6.07, 6.45) is 1.36. The maximum absolute atomic E-state index is 13.0. The van der Waals surface area contributed by atoms with Crippen molar-refractivity contribution in [3.05, 3.63) is 24.0 Å². The summed E-state index contributed by atoms with van der Waals surface area (Å²) in [5.74, 6) is -0.217. The Morgan fingerprint density at radius 2 is 2.38 bits per heavy atom. The van der Waals surface area contributed by atoms with Crippen molar-refractivity contribution in [2.75, 3.05) is 0 Å². The van der Waals surface area contributed by atoms with Crippen molar-refractivity contribution in [3.63, 3.8) is 0 Å². The summed E-state index contributed by atoms with van der Waals surface area (Å²) in [4.78, 5) is 13.3. The van der Waals surface area contributed by atoms with Crippen LogP contribution < -0.4 is 0 Å². The third-order valence-corrected chi connectivity index (χ3v) is 1.67. The number of fused-ring (bicyclic) bond motifs is 1. The van der Waals surface area contributed by atoms with Gasteiger partial charge in [0.25, 0.3) is 0 Å². The minimum atomic E-state index is -0.443. The average molecular weight is 177 g/mol. The summed E-state index contributed by atoms with van der Waals surface area (Å²) in [6, 6.07) is 4.44. The Balaban J connectivity index is 2.82. The van der Waals surface area contributed by atoms with E-state index in [1.165, 1.54) is 18.2 Å². The first-order valence-electron chi connectivity index (χ1n) is 3.53. The highest BCUT2D eigenvalue weighted by Crippen LogP contribution is 2.23. The number of halogens is 1. The van der Waals surface area contributed by atoms with E-state index < -0.39 is 5.82 Å². The minimum absolute atomic E-state index is 0.177. The first-order valence-corrected chi connectivity index (χ1v) is 3.53. The number of aliphatic imine (C=N–C) groups is 1. The second-order valence-corrected chi connectivity index (χ2v) is 2.41. The molecule has 0 aliphatic rings. The Bertz CT molecular complexity index is 499. The number of para-hydroxylation sites is 1. The van der Waals surface area contributed by atoms with E-state index >= 15 is 0 Å². The molecule has 0 amide bonds. The third-order valence-electron chi connectivity index (χ3n) is 1.67. The molecule has 0 radical (unpaired) electrons. The molecule has 0 atom stereocenters. The highest BCUT2D eigenvalue weighted by Gasteiger charge is 2.07. The van der Waals surface area contributed by atoms with Crippen LogP contribution in [0.15, 0.2) is 23.2 Å². The van der Waals surface area contributed by atoms with E-state index in [0.717, 1.165) is 0 Å². The van der Waals surface area contributed by atoms with Crippen LogP contribution in [-0.2, 0) is 4.79 Å². The molecule has 2 rings (SSSR count). The van der Waals surface area contributed by atoms with Crippen molar-refractivity contribution >= 4 is 22.8 Å². The molecule has 1 aromatic heterocycles. The standard InChI is InChI=1S/C8H4FN3O/c9-6-3-1-2-5-7(6)11-12-8(5)10-4-13/h1-3H,(H,11,12). The lowest BCUT2D eigenvalue weighted by Gasteiger charge is -1.88. The zero-order valence-electron chi connectivity index (χ0n) is 6.41. The van der Waals surface area contributed by atoms with Crippen molar-refractivity contribution in [3.8, 4) is 0 Å².